The van der Waals surface area contributed by atoms with E-state index >= 15 is 0 Å². The van der Waals surface area contributed by atoms with Crippen molar-refractivity contribution in [2.24, 2.45) is 0 Å². The molecule has 12 heteroatoms. The molecule has 1 saturated heterocycles. The lowest BCUT2D eigenvalue weighted by Gasteiger charge is -2.33. The highest BCUT2D eigenvalue weighted by molar-refractivity contribution is 6.01. The number of nitro benzene ring substituents is 1. The third kappa shape index (κ3) is 7.76. The van der Waals surface area contributed by atoms with E-state index in [9.17, 15) is 24.5 Å². The summed E-state index contributed by atoms with van der Waals surface area (Å²) in [4.78, 5) is 56.8. The number of nitrogens with zero attached hydrogens (tertiary/aromatic N) is 5. The Hall–Kier alpha value is -4.97. The van der Waals surface area contributed by atoms with Gasteiger partial charge in [-0.05, 0) is 14.0 Å². The number of carboxylic acids is 2. The van der Waals surface area contributed by atoms with E-state index in [1.54, 1.807) is 24.0 Å². The fourth-order valence-electron chi connectivity index (χ4n) is 3.83. The van der Waals surface area contributed by atoms with Gasteiger partial charge in [-0.2, -0.15) is 0 Å². The fourth-order valence-corrected chi connectivity index (χ4v) is 3.83. The molecular weight excluding hydrogens is 506 g/mol. The van der Waals surface area contributed by atoms with Crippen LogP contribution >= 0.6 is 0 Å². The molecule has 0 aliphatic carbocycles. The van der Waals surface area contributed by atoms with Crippen LogP contribution < -0.4 is 0 Å². The minimum absolute atomic E-state index is 0.0481. The summed E-state index contributed by atoms with van der Waals surface area (Å²) in [5, 5.41) is 27.0. The quantitative estimate of drug-likeness (QED) is 0.273. The molecule has 1 aliphatic rings. The summed E-state index contributed by atoms with van der Waals surface area (Å²) in [6.45, 7) is 4.60. The maximum absolute atomic E-state index is 13.5. The molecule has 1 amide bonds. The summed E-state index contributed by atoms with van der Waals surface area (Å²) in [5.41, 5.74) is 2.65. The summed E-state index contributed by atoms with van der Waals surface area (Å²) >= 11 is 0. The average Bonchev–Trinajstić information content (AvgIpc) is 2.92. The predicted octanol–water partition coefficient (Wildman–Crippen LogP) is 3.13. The molecule has 1 fully saturated rings. The highest BCUT2D eigenvalue weighted by atomic mass is 16.6. The summed E-state index contributed by atoms with van der Waals surface area (Å²) in [6.07, 6.45) is 1.12. The van der Waals surface area contributed by atoms with Crippen molar-refractivity contribution >= 4 is 23.5 Å². The molecule has 0 atom stereocenters. The van der Waals surface area contributed by atoms with Gasteiger partial charge in [0.25, 0.3) is 11.6 Å². The zero-order chi connectivity index (χ0) is 28.5. The molecule has 12 nitrogen and oxygen atoms in total. The zero-order valence-electron chi connectivity index (χ0n) is 21.4. The predicted molar refractivity (Wildman–Crippen MR) is 142 cm³/mol. The Balaban J connectivity index is 0.000000459. The highest BCUT2D eigenvalue weighted by Crippen LogP contribution is 2.30. The number of carbonyl (C=O) groups excluding carboxylic acids is 1. The van der Waals surface area contributed by atoms with Gasteiger partial charge >= 0.3 is 11.9 Å². The van der Waals surface area contributed by atoms with E-state index in [0.29, 0.717) is 53.6 Å². The lowest BCUT2D eigenvalue weighted by atomic mass is 10.0. The largest absolute Gasteiger partial charge is 0.478 e. The lowest BCUT2D eigenvalue weighted by Crippen LogP contribution is -2.47. The molecule has 2 heterocycles. The van der Waals surface area contributed by atoms with Crippen LogP contribution in [-0.4, -0.2) is 86.0 Å². The van der Waals surface area contributed by atoms with Crippen LogP contribution in [0.15, 0.2) is 66.7 Å². The first-order valence-corrected chi connectivity index (χ1v) is 11.9. The van der Waals surface area contributed by atoms with E-state index in [1.165, 1.54) is 12.1 Å². The van der Waals surface area contributed by atoms with E-state index in [2.05, 4.69) is 9.88 Å². The third-order valence-corrected chi connectivity index (χ3v) is 5.83. The number of carboxylic acid groups (broad SMARTS) is 2. The van der Waals surface area contributed by atoms with E-state index in [-0.39, 0.29) is 11.6 Å². The normalized spacial score (nSPS) is 13.4. The van der Waals surface area contributed by atoms with Gasteiger partial charge in [-0.1, -0.05) is 42.5 Å². The Morgan fingerprint density at radius 3 is 2.05 bits per heavy atom. The maximum Gasteiger partial charge on any atom is 0.328 e. The molecule has 2 aromatic carbocycles. The van der Waals surface area contributed by atoms with Crippen LogP contribution in [0.4, 0.5) is 5.69 Å². The molecule has 2 N–H and O–H groups in total. The van der Waals surface area contributed by atoms with E-state index in [1.807, 2.05) is 37.4 Å². The Morgan fingerprint density at radius 2 is 1.49 bits per heavy atom. The minimum Gasteiger partial charge on any atom is -0.478 e. The Kier molecular flexibility index (Phi) is 9.54. The monoisotopic (exact) mass is 533 g/mol. The number of aromatic nitrogens is 2. The standard InChI is InChI=1S/C23H23N5O3.C4H4O4/c1-16-20(23(29)27-13-11-26(2)12-14-27)21(18-9-6-10-19(15-18)28(30)31)25-22(24-16)17-7-4-3-5-8-17;5-3(6)1-2-4(7)8/h3-10,15H,11-14H2,1-2H3;1-2H,(H,5,6)(H,7,8)/b;2-1+. The number of aliphatic carboxylic acids is 2. The number of benzene rings is 2. The van der Waals surface area contributed by atoms with Crippen LogP contribution in [0.3, 0.4) is 0 Å². The molecule has 1 aromatic heterocycles. The van der Waals surface area contributed by atoms with E-state index in [0.717, 1.165) is 18.7 Å². The zero-order valence-corrected chi connectivity index (χ0v) is 21.4. The van der Waals surface area contributed by atoms with Gasteiger partial charge in [-0.3, -0.25) is 14.9 Å². The Labute approximate surface area is 224 Å². The first-order valence-electron chi connectivity index (χ1n) is 11.9. The molecule has 0 unspecified atom stereocenters. The second-order valence-electron chi connectivity index (χ2n) is 8.63. The number of hydrogen-bond acceptors (Lipinski definition) is 8. The van der Waals surface area contributed by atoms with Gasteiger partial charge in [-0.25, -0.2) is 19.6 Å². The van der Waals surface area contributed by atoms with Gasteiger partial charge in [0, 0.05) is 61.6 Å². The summed E-state index contributed by atoms with van der Waals surface area (Å²) in [7, 11) is 2.03. The summed E-state index contributed by atoms with van der Waals surface area (Å²) in [5.74, 6) is -2.18. The van der Waals surface area contributed by atoms with Crippen molar-refractivity contribution in [3.8, 4) is 22.6 Å². The number of rotatable bonds is 6. The number of nitro groups is 1. The topological polar surface area (TPSA) is 167 Å². The molecule has 39 heavy (non-hydrogen) atoms. The van der Waals surface area contributed by atoms with Crippen LogP contribution in [0.1, 0.15) is 16.1 Å². The molecule has 1 aliphatic heterocycles. The average molecular weight is 534 g/mol. The van der Waals surface area contributed by atoms with E-state index < -0.39 is 16.9 Å². The smallest absolute Gasteiger partial charge is 0.328 e. The second-order valence-corrected chi connectivity index (χ2v) is 8.63. The molecule has 0 spiro atoms. The fraction of sp³-hybridized carbons (Fsp3) is 0.222. The Morgan fingerprint density at radius 1 is 0.897 bits per heavy atom. The van der Waals surface area contributed by atoms with E-state index in [4.69, 9.17) is 15.2 Å². The van der Waals surface area contributed by atoms with Gasteiger partial charge in [0.1, 0.15) is 0 Å². The molecular formula is C27H27N5O7. The van der Waals surface area contributed by atoms with Crippen molar-refractivity contribution in [1.82, 2.24) is 19.8 Å². The number of non-ortho nitro benzene ring substituents is 1. The molecule has 4 rings (SSSR count). The third-order valence-electron chi connectivity index (χ3n) is 5.83. The van der Waals surface area contributed by atoms with Crippen molar-refractivity contribution in [3.63, 3.8) is 0 Å². The van der Waals surface area contributed by atoms with Crippen molar-refractivity contribution in [2.75, 3.05) is 33.2 Å². The molecule has 0 radical (unpaired) electrons. The van der Waals surface area contributed by atoms with Crippen LogP contribution in [0, 0.1) is 17.0 Å². The number of aryl methyl sites for hydroxylation is 1. The molecule has 0 saturated carbocycles. The van der Waals surface area contributed by atoms with Crippen molar-refractivity contribution in [1.29, 1.82) is 0 Å². The first-order chi connectivity index (χ1) is 18.6. The number of amides is 1. The van der Waals surface area contributed by atoms with Gasteiger partial charge in [0.05, 0.1) is 21.9 Å². The van der Waals surface area contributed by atoms with Gasteiger partial charge < -0.3 is 20.0 Å². The number of piperazine rings is 1. The van der Waals surface area contributed by atoms with Crippen molar-refractivity contribution in [3.05, 3.63) is 88.1 Å². The first kappa shape index (κ1) is 28.6. The SMILES string of the molecule is Cc1nc(-c2ccccc2)nc(-c2cccc([N+](=O)[O-])c2)c1C(=O)N1CCN(C)CC1.O=C(O)/C=C/C(=O)O. The lowest BCUT2D eigenvalue weighted by molar-refractivity contribution is -0.384. The molecule has 3 aromatic rings. The number of carbonyl (C=O) groups is 3. The highest BCUT2D eigenvalue weighted by Gasteiger charge is 2.27. The van der Waals surface area contributed by atoms with Crippen LogP contribution in [0.5, 0.6) is 0 Å². The van der Waals surface area contributed by atoms with Crippen molar-refractivity contribution < 1.29 is 29.5 Å². The Bertz CT molecular complexity index is 1380. The molecule has 202 valence electrons. The minimum atomic E-state index is -1.26. The van der Waals surface area contributed by atoms with Crippen LogP contribution in [0.2, 0.25) is 0 Å². The van der Waals surface area contributed by atoms with Gasteiger partial charge in [0.2, 0.25) is 0 Å². The second kappa shape index (κ2) is 13.0. The van der Waals surface area contributed by atoms with Crippen LogP contribution in [0.25, 0.3) is 22.6 Å². The number of hydrogen-bond donors (Lipinski definition) is 2. The van der Waals surface area contributed by atoms with Crippen molar-refractivity contribution in [2.45, 2.75) is 6.92 Å². The summed E-state index contributed by atoms with van der Waals surface area (Å²) in [6, 6.07) is 15.7. The maximum atomic E-state index is 13.5. The van der Waals surface area contributed by atoms with Gasteiger partial charge in [-0.15, -0.1) is 0 Å². The summed E-state index contributed by atoms with van der Waals surface area (Å²) < 4.78 is 0. The van der Waals surface area contributed by atoms with Crippen LogP contribution in [-0.2, 0) is 9.59 Å². The van der Waals surface area contributed by atoms with Gasteiger partial charge in [0.15, 0.2) is 5.82 Å². The molecule has 0 bridgehead atoms. The number of likely N-dealkylation sites (N-methyl/N-ethyl adjacent to an activating group) is 1.